The molecule has 0 saturated heterocycles. The molecular formula is C23H22Cl3N3O5S. The van der Waals surface area contributed by atoms with E-state index in [1.807, 2.05) is 0 Å². The second-order valence-corrected chi connectivity index (χ2v) is 9.30. The number of carbonyl (C=O) groups is 2. The Labute approximate surface area is 221 Å². The molecule has 3 rings (SSSR count). The second-order valence-electron chi connectivity index (χ2n) is 7.04. The van der Waals surface area contributed by atoms with Gasteiger partial charge in [-0.3, -0.25) is 9.69 Å². The summed E-state index contributed by atoms with van der Waals surface area (Å²) in [7, 11) is 3.09. The van der Waals surface area contributed by atoms with Crippen LogP contribution in [0.1, 0.15) is 10.4 Å². The molecule has 0 bridgehead atoms. The van der Waals surface area contributed by atoms with Gasteiger partial charge in [0.05, 0.1) is 35.7 Å². The van der Waals surface area contributed by atoms with E-state index in [1.54, 1.807) is 44.6 Å². The Hall–Kier alpha value is -2.40. The molecule has 0 aliphatic carbocycles. The SMILES string of the molecule is COCCN(CCOC)C(=O)Oc1cnc(N(C(=O)c2ccc(Cl)cc2Cl)c2ccc(Cl)cc2)s1. The number of aromatic nitrogens is 1. The molecule has 1 heterocycles. The number of benzene rings is 2. The maximum Gasteiger partial charge on any atom is 0.416 e. The van der Waals surface area contributed by atoms with E-state index >= 15 is 0 Å². The summed E-state index contributed by atoms with van der Waals surface area (Å²) in [5, 5.41) is 1.58. The highest BCUT2D eigenvalue weighted by molar-refractivity contribution is 7.17. The minimum Gasteiger partial charge on any atom is -0.397 e. The van der Waals surface area contributed by atoms with Crippen LogP contribution in [0.5, 0.6) is 5.06 Å². The van der Waals surface area contributed by atoms with Crippen LogP contribution >= 0.6 is 46.1 Å². The van der Waals surface area contributed by atoms with E-state index in [0.717, 1.165) is 11.3 Å². The number of rotatable bonds is 10. The number of anilines is 2. The van der Waals surface area contributed by atoms with Crippen LogP contribution < -0.4 is 9.64 Å². The van der Waals surface area contributed by atoms with Crippen molar-refractivity contribution in [3.63, 3.8) is 0 Å². The summed E-state index contributed by atoms with van der Waals surface area (Å²) in [6.07, 6.45) is 0.793. The van der Waals surface area contributed by atoms with Crippen LogP contribution in [-0.4, -0.2) is 62.4 Å². The second kappa shape index (κ2) is 13.1. The van der Waals surface area contributed by atoms with Gasteiger partial charge in [0.1, 0.15) is 0 Å². The Bertz CT molecular complexity index is 1150. The van der Waals surface area contributed by atoms with Gasteiger partial charge in [-0.05, 0) is 42.5 Å². The predicted molar refractivity (Wildman–Crippen MR) is 138 cm³/mol. The van der Waals surface area contributed by atoms with Crippen LogP contribution in [-0.2, 0) is 9.47 Å². The van der Waals surface area contributed by atoms with E-state index in [9.17, 15) is 9.59 Å². The molecule has 35 heavy (non-hydrogen) atoms. The molecule has 0 atom stereocenters. The minimum absolute atomic E-state index is 0.191. The molecule has 0 fully saturated rings. The third-order valence-corrected chi connectivity index (χ3v) is 6.35. The normalized spacial score (nSPS) is 10.8. The van der Waals surface area contributed by atoms with Crippen LogP contribution in [0.15, 0.2) is 48.7 Å². The lowest BCUT2D eigenvalue weighted by Crippen LogP contribution is -2.38. The molecule has 0 aliphatic rings. The molecule has 0 spiro atoms. The molecule has 0 saturated carbocycles. The van der Waals surface area contributed by atoms with Crippen molar-refractivity contribution in [2.75, 3.05) is 45.4 Å². The predicted octanol–water partition coefficient (Wildman–Crippen LogP) is 6.18. The molecule has 12 heteroatoms. The van der Waals surface area contributed by atoms with Gasteiger partial charge in [-0.15, -0.1) is 0 Å². The van der Waals surface area contributed by atoms with Gasteiger partial charge in [0.2, 0.25) is 10.2 Å². The van der Waals surface area contributed by atoms with E-state index in [1.165, 1.54) is 28.1 Å². The summed E-state index contributed by atoms with van der Waals surface area (Å²) in [6.45, 7) is 1.34. The maximum atomic E-state index is 13.5. The molecule has 186 valence electrons. The summed E-state index contributed by atoms with van der Waals surface area (Å²) < 4.78 is 15.6. The first-order valence-corrected chi connectivity index (χ1v) is 12.2. The van der Waals surface area contributed by atoms with Gasteiger partial charge < -0.3 is 19.1 Å². The van der Waals surface area contributed by atoms with Crippen molar-refractivity contribution in [3.8, 4) is 5.06 Å². The molecule has 0 aliphatic heterocycles. The van der Waals surface area contributed by atoms with E-state index in [4.69, 9.17) is 49.0 Å². The molecule has 2 amide bonds. The molecule has 0 radical (unpaired) electrons. The molecular weight excluding hydrogens is 537 g/mol. The fourth-order valence-electron chi connectivity index (χ4n) is 2.94. The average molecular weight is 559 g/mol. The molecule has 1 aromatic heterocycles. The Kier molecular flexibility index (Phi) is 10.1. The van der Waals surface area contributed by atoms with Gasteiger partial charge in [0.25, 0.3) is 5.91 Å². The number of ether oxygens (including phenoxy) is 3. The number of halogens is 3. The van der Waals surface area contributed by atoms with Gasteiger partial charge in [0.15, 0.2) is 0 Å². The third kappa shape index (κ3) is 7.30. The smallest absolute Gasteiger partial charge is 0.397 e. The van der Waals surface area contributed by atoms with E-state index in [0.29, 0.717) is 42.0 Å². The number of thiazole rings is 1. The first kappa shape index (κ1) is 27.2. The van der Waals surface area contributed by atoms with Gasteiger partial charge in [-0.25, -0.2) is 9.78 Å². The van der Waals surface area contributed by atoms with Crippen molar-refractivity contribution in [1.82, 2.24) is 9.88 Å². The fraction of sp³-hybridized carbons (Fsp3) is 0.261. The largest absolute Gasteiger partial charge is 0.416 e. The van der Waals surface area contributed by atoms with E-state index in [2.05, 4.69) is 4.98 Å². The lowest BCUT2D eigenvalue weighted by Gasteiger charge is -2.21. The van der Waals surface area contributed by atoms with Crippen molar-refractivity contribution in [2.24, 2.45) is 0 Å². The van der Waals surface area contributed by atoms with Crippen LogP contribution in [0.2, 0.25) is 15.1 Å². The standard InChI is InChI=1S/C23H22Cl3N3O5S/c1-32-11-9-28(10-12-33-2)23(31)34-20-14-27-22(35-20)29(17-6-3-15(24)4-7-17)21(30)18-8-5-16(25)13-19(18)26/h3-8,13-14H,9-12H2,1-2H3. The Morgan fingerprint density at radius 1 is 0.943 bits per heavy atom. The maximum absolute atomic E-state index is 13.5. The van der Waals surface area contributed by atoms with Gasteiger partial charge in [-0.1, -0.05) is 46.1 Å². The zero-order chi connectivity index (χ0) is 25.4. The van der Waals surface area contributed by atoms with Crippen LogP contribution in [0.4, 0.5) is 15.6 Å². The molecule has 8 nitrogen and oxygen atoms in total. The quantitative estimate of drug-likeness (QED) is 0.296. The van der Waals surface area contributed by atoms with E-state index < -0.39 is 12.0 Å². The van der Waals surface area contributed by atoms with Crippen molar-refractivity contribution < 1.29 is 23.8 Å². The monoisotopic (exact) mass is 557 g/mol. The number of methoxy groups -OCH3 is 2. The van der Waals surface area contributed by atoms with Crippen LogP contribution in [0, 0.1) is 0 Å². The van der Waals surface area contributed by atoms with Crippen LogP contribution in [0.3, 0.4) is 0 Å². The summed E-state index contributed by atoms with van der Waals surface area (Å²) in [5.41, 5.74) is 0.726. The molecule has 2 aromatic carbocycles. The molecule has 0 unspecified atom stereocenters. The summed E-state index contributed by atoms with van der Waals surface area (Å²) in [4.78, 5) is 33.4. The Morgan fingerprint density at radius 2 is 1.57 bits per heavy atom. The number of hydrogen-bond acceptors (Lipinski definition) is 7. The molecule has 0 N–H and O–H groups in total. The highest BCUT2D eigenvalue weighted by Gasteiger charge is 2.26. The highest BCUT2D eigenvalue weighted by atomic mass is 35.5. The van der Waals surface area contributed by atoms with Crippen molar-refractivity contribution >= 4 is 69.0 Å². The summed E-state index contributed by atoms with van der Waals surface area (Å²) in [5.74, 6) is -0.442. The molecule has 3 aromatic rings. The van der Waals surface area contributed by atoms with Gasteiger partial charge in [0, 0.05) is 37.4 Å². The lowest BCUT2D eigenvalue weighted by molar-refractivity contribution is 0.0999. The first-order chi connectivity index (χ1) is 16.8. The average Bonchev–Trinajstić information content (AvgIpc) is 3.28. The van der Waals surface area contributed by atoms with Gasteiger partial charge >= 0.3 is 6.09 Å². The zero-order valence-corrected chi connectivity index (χ0v) is 22.0. The number of hydrogen-bond donors (Lipinski definition) is 0. The Balaban J connectivity index is 1.89. The lowest BCUT2D eigenvalue weighted by atomic mass is 10.2. The number of carbonyl (C=O) groups excluding carboxylic acids is 2. The first-order valence-electron chi connectivity index (χ1n) is 10.3. The minimum atomic E-state index is -0.584. The third-order valence-electron chi connectivity index (χ3n) is 4.69. The zero-order valence-electron chi connectivity index (χ0n) is 18.9. The van der Waals surface area contributed by atoms with Crippen molar-refractivity contribution in [2.45, 2.75) is 0 Å². The highest BCUT2D eigenvalue weighted by Crippen LogP contribution is 2.36. The topological polar surface area (TPSA) is 81.2 Å². The Morgan fingerprint density at radius 3 is 2.17 bits per heavy atom. The number of amides is 2. The summed E-state index contributed by atoms with van der Waals surface area (Å²) in [6, 6.07) is 11.2. The van der Waals surface area contributed by atoms with Crippen molar-refractivity contribution in [1.29, 1.82) is 0 Å². The fourth-order valence-corrected chi connectivity index (χ4v) is 4.34. The van der Waals surface area contributed by atoms with Crippen LogP contribution in [0.25, 0.3) is 0 Å². The summed E-state index contributed by atoms with van der Waals surface area (Å²) >= 11 is 19.3. The van der Waals surface area contributed by atoms with Gasteiger partial charge in [-0.2, -0.15) is 0 Å². The van der Waals surface area contributed by atoms with Crippen molar-refractivity contribution in [3.05, 3.63) is 69.3 Å². The van der Waals surface area contributed by atoms with E-state index in [-0.39, 0.29) is 20.8 Å². The number of nitrogens with zero attached hydrogens (tertiary/aromatic N) is 3.